The summed E-state index contributed by atoms with van der Waals surface area (Å²) in [6.45, 7) is 3.39. The molecule has 3 heterocycles. The Morgan fingerprint density at radius 3 is 2.68 bits per heavy atom. The molecule has 182 valence electrons. The number of aromatic nitrogens is 4. The lowest BCUT2D eigenvalue weighted by atomic mass is 10.0. The molecule has 0 saturated heterocycles. The van der Waals surface area contributed by atoms with Crippen LogP contribution < -0.4 is 16.6 Å². The molecular formula is C28H23N7O2. The molecule has 9 heteroatoms. The number of pyridine rings is 1. The van der Waals surface area contributed by atoms with Crippen molar-refractivity contribution in [2.45, 2.75) is 19.9 Å². The van der Waals surface area contributed by atoms with Crippen molar-refractivity contribution in [2.75, 3.05) is 5.73 Å². The summed E-state index contributed by atoms with van der Waals surface area (Å²) in [6, 6.07) is 17.6. The maximum absolute atomic E-state index is 13.9. The molecule has 5 rings (SSSR count). The molecule has 0 bridgehead atoms. The number of anilines is 1. The van der Waals surface area contributed by atoms with Crippen LogP contribution >= 0.6 is 0 Å². The van der Waals surface area contributed by atoms with E-state index in [2.05, 4.69) is 27.2 Å². The van der Waals surface area contributed by atoms with E-state index in [1.54, 1.807) is 42.9 Å². The minimum atomic E-state index is -0.582. The van der Waals surface area contributed by atoms with Gasteiger partial charge in [0, 0.05) is 29.3 Å². The second-order valence-corrected chi connectivity index (χ2v) is 8.53. The number of carbonyl (C=O) groups excluding carboxylic acids is 1. The van der Waals surface area contributed by atoms with E-state index in [1.165, 1.54) is 4.52 Å². The van der Waals surface area contributed by atoms with Crippen molar-refractivity contribution in [1.29, 1.82) is 5.41 Å². The van der Waals surface area contributed by atoms with Crippen LogP contribution in [0.15, 0.2) is 77.9 Å². The van der Waals surface area contributed by atoms with Crippen molar-refractivity contribution in [3.63, 3.8) is 0 Å². The maximum atomic E-state index is 13.9. The summed E-state index contributed by atoms with van der Waals surface area (Å²) in [5.74, 6) is 5.29. The normalized spacial score (nSPS) is 11.6. The first-order valence-corrected chi connectivity index (χ1v) is 11.6. The Balaban J connectivity index is 1.66. The zero-order chi connectivity index (χ0) is 26.1. The fraction of sp³-hybridized carbons (Fsp3) is 0.107. The summed E-state index contributed by atoms with van der Waals surface area (Å²) in [5, 5.41) is 15.9. The summed E-state index contributed by atoms with van der Waals surface area (Å²) in [7, 11) is 0. The van der Waals surface area contributed by atoms with E-state index >= 15 is 0 Å². The van der Waals surface area contributed by atoms with Crippen LogP contribution in [0.5, 0.6) is 0 Å². The van der Waals surface area contributed by atoms with Gasteiger partial charge in [0.05, 0.1) is 17.1 Å². The van der Waals surface area contributed by atoms with Crippen LogP contribution in [-0.4, -0.2) is 30.8 Å². The van der Waals surface area contributed by atoms with Gasteiger partial charge >= 0.3 is 0 Å². The van der Waals surface area contributed by atoms with Crippen molar-refractivity contribution >= 4 is 33.9 Å². The maximum Gasteiger partial charge on any atom is 0.264 e. The summed E-state index contributed by atoms with van der Waals surface area (Å²) in [5.41, 5.74) is 8.24. The lowest BCUT2D eigenvalue weighted by Gasteiger charge is -2.21. The van der Waals surface area contributed by atoms with E-state index in [9.17, 15) is 9.59 Å². The van der Waals surface area contributed by atoms with Gasteiger partial charge in [-0.05, 0) is 55.5 Å². The van der Waals surface area contributed by atoms with E-state index in [1.807, 2.05) is 48.5 Å². The van der Waals surface area contributed by atoms with Crippen molar-refractivity contribution < 1.29 is 4.79 Å². The number of rotatable bonds is 4. The van der Waals surface area contributed by atoms with Gasteiger partial charge in [0.25, 0.3) is 11.5 Å². The molecular weight excluding hydrogens is 466 g/mol. The topological polar surface area (TPSA) is 131 Å². The lowest BCUT2D eigenvalue weighted by molar-refractivity contribution is 0.0941. The van der Waals surface area contributed by atoms with E-state index in [-0.39, 0.29) is 22.7 Å². The molecule has 2 aromatic carbocycles. The van der Waals surface area contributed by atoms with Gasteiger partial charge in [-0.25, -0.2) is 9.50 Å². The first-order chi connectivity index (χ1) is 17.8. The molecule has 1 atom stereocenters. The minimum Gasteiger partial charge on any atom is -0.381 e. The highest BCUT2D eigenvalue weighted by atomic mass is 16.2. The van der Waals surface area contributed by atoms with E-state index in [0.717, 1.165) is 0 Å². The number of hydrogen-bond donors (Lipinski definition) is 3. The highest BCUT2D eigenvalue weighted by molar-refractivity contribution is 6.04. The van der Waals surface area contributed by atoms with E-state index in [0.29, 0.717) is 33.4 Å². The van der Waals surface area contributed by atoms with Gasteiger partial charge < -0.3 is 11.1 Å². The number of nitrogens with one attached hydrogen (secondary N) is 2. The molecule has 0 radical (unpaired) electrons. The fourth-order valence-electron chi connectivity index (χ4n) is 4.27. The molecule has 0 aliphatic carbocycles. The first-order valence-electron chi connectivity index (χ1n) is 11.6. The van der Waals surface area contributed by atoms with Crippen molar-refractivity contribution in [2.24, 2.45) is 0 Å². The second kappa shape index (κ2) is 9.43. The van der Waals surface area contributed by atoms with Crippen LogP contribution in [0.25, 0.3) is 22.1 Å². The quantitative estimate of drug-likeness (QED) is 0.263. The molecule has 1 amide bonds. The van der Waals surface area contributed by atoms with Gasteiger partial charge in [0.2, 0.25) is 0 Å². The number of nitrogens with zero attached hydrogens (tertiary/aromatic N) is 4. The summed E-state index contributed by atoms with van der Waals surface area (Å²) >= 11 is 0. The highest BCUT2D eigenvalue weighted by Gasteiger charge is 2.23. The van der Waals surface area contributed by atoms with Crippen LogP contribution in [-0.2, 0) is 0 Å². The molecule has 0 saturated carbocycles. The summed E-state index contributed by atoms with van der Waals surface area (Å²) in [4.78, 5) is 31.5. The van der Waals surface area contributed by atoms with E-state index < -0.39 is 11.9 Å². The molecule has 4 N–H and O–H groups in total. The monoisotopic (exact) mass is 489 g/mol. The van der Waals surface area contributed by atoms with Gasteiger partial charge in [0.1, 0.15) is 5.56 Å². The average molecular weight is 490 g/mol. The molecule has 1 unspecified atom stereocenters. The third kappa shape index (κ3) is 4.32. The van der Waals surface area contributed by atoms with Crippen molar-refractivity contribution in [3.05, 3.63) is 100 Å². The Bertz CT molecular complexity index is 1810. The number of amides is 1. The Labute approximate surface area is 212 Å². The third-order valence-corrected chi connectivity index (χ3v) is 5.91. The molecule has 5 aromatic rings. The highest BCUT2D eigenvalue weighted by Crippen LogP contribution is 2.24. The number of carbonyl (C=O) groups is 1. The van der Waals surface area contributed by atoms with Crippen molar-refractivity contribution in [1.82, 2.24) is 24.5 Å². The molecule has 37 heavy (non-hydrogen) atoms. The number of nitrogens with two attached hydrogens (primary N) is 1. The number of nitrogen functional groups attached to an aromatic ring is 1. The molecule has 9 nitrogen and oxygen atoms in total. The van der Waals surface area contributed by atoms with Crippen LogP contribution in [0.2, 0.25) is 0 Å². The molecule has 0 fully saturated rings. The first kappa shape index (κ1) is 23.5. The van der Waals surface area contributed by atoms with Gasteiger partial charge in [-0.15, -0.1) is 5.10 Å². The van der Waals surface area contributed by atoms with Crippen molar-refractivity contribution in [3.8, 4) is 17.5 Å². The van der Waals surface area contributed by atoms with Gasteiger partial charge in [-0.3, -0.25) is 19.6 Å². The van der Waals surface area contributed by atoms with Crippen LogP contribution in [0.3, 0.4) is 0 Å². The number of para-hydroxylation sites is 1. The molecule has 0 aliphatic rings. The number of fused-ring (bicyclic) bond motifs is 2. The Morgan fingerprint density at radius 1 is 1.14 bits per heavy atom. The lowest BCUT2D eigenvalue weighted by Crippen LogP contribution is -2.32. The summed E-state index contributed by atoms with van der Waals surface area (Å²) in [6.07, 6.45) is 3.23. The predicted molar refractivity (Wildman–Crippen MR) is 143 cm³/mol. The zero-order valence-electron chi connectivity index (χ0n) is 20.2. The molecule has 3 aromatic heterocycles. The van der Waals surface area contributed by atoms with Gasteiger partial charge in [-0.1, -0.05) is 36.3 Å². The van der Waals surface area contributed by atoms with Crippen LogP contribution in [0, 0.1) is 17.3 Å². The minimum absolute atomic E-state index is 0.0621. The molecule has 0 spiro atoms. The van der Waals surface area contributed by atoms with Gasteiger partial charge in [0.15, 0.2) is 11.5 Å². The number of hydrogen-bond acceptors (Lipinski definition) is 6. The van der Waals surface area contributed by atoms with Crippen LogP contribution in [0.1, 0.15) is 41.5 Å². The molecule has 0 aliphatic heterocycles. The fourth-order valence-corrected chi connectivity index (χ4v) is 4.27. The summed E-state index contributed by atoms with van der Waals surface area (Å²) < 4.78 is 3.02. The Kier molecular flexibility index (Phi) is 5.99. The Morgan fingerprint density at radius 2 is 1.92 bits per heavy atom. The zero-order valence-corrected chi connectivity index (χ0v) is 20.2. The third-order valence-electron chi connectivity index (χ3n) is 5.91. The number of benzene rings is 2. The Hall–Kier alpha value is -5.23. The van der Waals surface area contributed by atoms with Gasteiger partial charge in [-0.2, -0.15) is 0 Å². The second-order valence-electron chi connectivity index (χ2n) is 8.53. The predicted octanol–water partition coefficient (Wildman–Crippen LogP) is 3.50. The largest absolute Gasteiger partial charge is 0.381 e. The van der Waals surface area contributed by atoms with E-state index in [4.69, 9.17) is 11.1 Å². The SMILES string of the molecule is CC(=N)C#Cc1cccc2cc(C(C)NC(=O)c3c(N)nn4cccnc34)n(-c3ccccc3)c(=O)c12. The standard InChI is InChI=1S/C28H23N7O2/c1-17(29)12-13-19-8-6-9-20-16-22(35(28(37)23(19)20)21-10-4-3-5-11-21)18(2)32-27(36)24-25(30)33-34-15-7-14-31-26(24)34/h3-11,14-16,18,29H,1-2H3,(H2,30,33)(H,32,36). The van der Waals surface area contributed by atoms with Crippen LogP contribution in [0.4, 0.5) is 5.82 Å². The average Bonchev–Trinajstić information content (AvgIpc) is 3.23. The smallest absolute Gasteiger partial charge is 0.264 e.